The highest BCUT2D eigenvalue weighted by molar-refractivity contribution is 7.22. The van der Waals surface area contributed by atoms with Crippen molar-refractivity contribution in [2.24, 2.45) is 5.10 Å². The second-order valence-electron chi connectivity index (χ2n) is 6.04. The van der Waals surface area contributed by atoms with Gasteiger partial charge in [-0.1, -0.05) is 18.3 Å². The molecule has 9 heteroatoms. The van der Waals surface area contributed by atoms with E-state index in [0.29, 0.717) is 40.1 Å². The molecule has 3 aromatic rings. The number of anilines is 1. The Labute approximate surface area is 172 Å². The van der Waals surface area contributed by atoms with Gasteiger partial charge in [0.2, 0.25) is 5.75 Å². The summed E-state index contributed by atoms with van der Waals surface area (Å²) in [4.78, 5) is 16.5. The van der Waals surface area contributed by atoms with Gasteiger partial charge in [-0.3, -0.25) is 4.79 Å². The Bertz CT molecular complexity index is 1020. The number of hydrogen-bond donors (Lipinski definition) is 2. The molecule has 0 aliphatic rings. The van der Waals surface area contributed by atoms with Gasteiger partial charge in [0, 0.05) is 11.1 Å². The molecular formula is C20H22N4O4S. The Morgan fingerprint density at radius 1 is 1.24 bits per heavy atom. The van der Waals surface area contributed by atoms with Crippen molar-refractivity contribution in [2.45, 2.75) is 13.3 Å². The van der Waals surface area contributed by atoms with Crippen molar-refractivity contribution in [1.29, 1.82) is 0 Å². The fourth-order valence-corrected chi connectivity index (χ4v) is 3.41. The van der Waals surface area contributed by atoms with Gasteiger partial charge in [0.25, 0.3) is 5.91 Å². The van der Waals surface area contributed by atoms with Crippen LogP contribution < -0.4 is 25.4 Å². The third-order valence-electron chi connectivity index (χ3n) is 3.98. The number of hydrazone groups is 1. The smallest absolute Gasteiger partial charge is 0.271 e. The standard InChI is InChI=1S/C20H22N4O4S/c1-4-7-28-18-15(26-2)8-12(9-16(18)27-3)11-22-24-19(25)13-5-6-14-17(10-13)29-20(21)23-14/h5-6,8-11H,4,7H2,1-3H3,(H2,21,23)(H,24,25)/b22-11-. The van der Waals surface area contributed by atoms with E-state index in [2.05, 4.69) is 15.5 Å². The average Bonchev–Trinajstić information content (AvgIpc) is 3.11. The zero-order valence-electron chi connectivity index (χ0n) is 16.4. The van der Waals surface area contributed by atoms with E-state index in [4.69, 9.17) is 19.9 Å². The van der Waals surface area contributed by atoms with Crippen molar-refractivity contribution in [3.05, 3.63) is 41.5 Å². The molecule has 1 heterocycles. The molecule has 3 N–H and O–H groups in total. The van der Waals surface area contributed by atoms with E-state index in [1.807, 2.05) is 6.92 Å². The summed E-state index contributed by atoms with van der Waals surface area (Å²) in [6.07, 6.45) is 2.37. The van der Waals surface area contributed by atoms with Gasteiger partial charge in [0.05, 0.1) is 37.3 Å². The minimum Gasteiger partial charge on any atom is -0.493 e. The topological polar surface area (TPSA) is 108 Å². The predicted octanol–water partition coefficient (Wildman–Crippen LogP) is 3.45. The number of thiazole rings is 1. The molecular weight excluding hydrogens is 392 g/mol. The first kappa shape index (κ1) is 20.4. The SMILES string of the molecule is CCCOc1c(OC)cc(/C=N\NC(=O)c2ccc3nc(N)sc3c2)cc1OC. The van der Waals surface area contributed by atoms with Gasteiger partial charge in [-0.05, 0) is 36.8 Å². The van der Waals surface area contributed by atoms with Crippen LogP contribution in [-0.4, -0.2) is 37.9 Å². The zero-order chi connectivity index (χ0) is 20.8. The number of fused-ring (bicyclic) bond motifs is 1. The Morgan fingerprint density at radius 2 is 1.97 bits per heavy atom. The predicted molar refractivity (Wildman–Crippen MR) is 114 cm³/mol. The number of amides is 1. The van der Waals surface area contributed by atoms with E-state index in [9.17, 15) is 4.79 Å². The van der Waals surface area contributed by atoms with E-state index in [0.717, 1.165) is 16.6 Å². The summed E-state index contributed by atoms with van der Waals surface area (Å²) in [5, 5.41) is 4.50. The Morgan fingerprint density at radius 3 is 2.62 bits per heavy atom. The lowest BCUT2D eigenvalue weighted by Gasteiger charge is -2.14. The first-order chi connectivity index (χ1) is 14.0. The van der Waals surface area contributed by atoms with E-state index in [-0.39, 0.29) is 5.91 Å². The van der Waals surface area contributed by atoms with Crippen LogP contribution in [0.15, 0.2) is 35.4 Å². The molecule has 0 atom stereocenters. The fourth-order valence-electron chi connectivity index (χ4n) is 2.63. The molecule has 2 aromatic carbocycles. The van der Waals surface area contributed by atoms with Crippen LogP contribution in [0.4, 0.5) is 5.13 Å². The number of carbonyl (C=O) groups excluding carboxylic acids is 1. The van der Waals surface area contributed by atoms with Crippen LogP contribution >= 0.6 is 11.3 Å². The number of carbonyl (C=O) groups is 1. The highest BCUT2D eigenvalue weighted by Crippen LogP contribution is 2.38. The number of methoxy groups -OCH3 is 2. The maximum atomic E-state index is 12.4. The molecule has 0 bridgehead atoms. The van der Waals surface area contributed by atoms with E-state index >= 15 is 0 Å². The van der Waals surface area contributed by atoms with Crippen LogP contribution in [0.1, 0.15) is 29.3 Å². The number of aromatic nitrogens is 1. The number of nitrogen functional groups attached to an aromatic ring is 1. The minimum absolute atomic E-state index is 0.336. The number of hydrogen-bond acceptors (Lipinski definition) is 8. The van der Waals surface area contributed by atoms with Crippen molar-refractivity contribution in [1.82, 2.24) is 10.4 Å². The molecule has 1 aromatic heterocycles. The largest absolute Gasteiger partial charge is 0.493 e. The summed E-state index contributed by atoms with van der Waals surface area (Å²) < 4.78 is 17.4. The van der Waals surface area contributed by atoms with Gasteiger partial charge in [0.15, 0.2) is 16.6 Å². The molecule has 29 heavy (non-hydrogen) atoms. The van der Waals surface area contributed by atoms with Crippen LogP contribution in [-0.2, 0) is 0 Å². The van der Waals surface area contributed by atoms with Gasteiger partial charge in [0.1, 0.15) is 0 Å². The monoisotopic (exact) mass is 414 g/mol. The van der Waals surface area contributed by atoms with Gasteiger partial charge >= 0.3 is 0 Å². The van der Waals surface area contributed by atoms with Gasteiger partial charge in [-0.15, -0.1) is 0 Å². The average molecular weight is 414 g/mol. The number of ether oxygens (including phenoxy) is 3. The quantitative estimate of drug-likeness (QED) is 0.432. The minimum atomic E-state index is -0.336. The van der Waals surface area contributed by atoms with Gasteiger partial charge in [-0.2, -0.15) is 5.10 Å². The van der Waals surface area contributed by atoms with E-state index < -0.39 is 0 Å². The number of rotatable bonds is 8. The van der Waals surface area contributed by atoms with Crippen LogP contribution in [0.5, 0.6) is 17.2 Å². The first-order valence-electron chi connectivity index (χ1n) is 8.94. The number of nitrogens with zero attached hydrogens (tertiary/aromatic N) is 2. The molecule has 0 aliphatic heterocycles. The summed E-state index contributed by atoms with van der Waals surface area (Å²) in [7, 11) is 3.11. The van der Waals surface area contributed by atoms with Gasteiger partial charge < -0.3 is 19.9 Å². The van der Waals surface area contributed by atoms with E-state index in [1.165, 1.54) is 17.6 Å². The third-order valence-corrected chi connectivity index (χ3v) is 4.83. The molecule has 0 unspecified atom stereocenters. The molecule has 152 valence electrons. The molecule has 8 nitrogen and oxygen atoms in total. The zero-order valence-corrected chi connectivity index (χ0v) is 17.2. The summed E-state index contributed by atoms with van der Waals surface area (Å²) in [6, 6.07) is 8.69. The lowest BCUT2D eigenvalue weighted by atomic mass is 10.2. The highest BCUT2D eigenvalue weighted by Gasteiger charge is 2.14. The van der Waals surface area contributed by atoms with E-state index in [1.54, 1.807) is 44.6 Å². The molecule has 0 saturated heterocycles. The van der Waals surface area contributed by atoms with Crippen molar-refractivity contribution in [3.63, 3.8) is 0 Å². The number of nitrogens with one attached hydrogen (secondary N) is 1. The molecule has 3 rings (SSSR count). The first-order valence-corrected chi connectivity index (χ1v) is 9.75. The molecule has 0 saturated carbocycles. The molecule has 0 aliphatic carbocycles. The molecule has 0 radical (unpaired) electrons. The number of benzene rings is 2. The lowest BCUT2D eigenvalue weighted by Crippen LogP contribution is -2.17. The van der Waals surface area contributed by atoms with Crippen molar-refractivity contribution in [2.75, 3.05) is 26.6 Å². The van der Waals surface area contributed by atoms with Crippen molar-refractivity contribution < 1.29 is 19.0 Å². The Kier molecular flexibility index (Phi) is 6.50. The van der Waals surface area contributed by atoms with Crippen LogP contribution in [0.3, 0.4) is 0 Å². The second kappa shape index (κ2) is 9.24. The molecule has 0 fully saturated rings. The van der Waals surface area contributed by atoms with Crippen LogP contribution in [0.2, 0.25) is 0 Å². The highest BCUT2D eigenvalue weighted by atomic mass is 32.1. The summed E-state index contributed by atoms with van der Waals surface area (Å²) >= 11 is 1.33. The maximum absolute atomic E-state index is 12.4. The maximum Gasteiger partial charge on any atom is 0.271 e. The lowest BCUT2D eigenvalue weighted by molar-refractivity contribution is 0.0955. The fraction of sp³-hybridized carbons (Fsp3) is 0.250. The Hall–Kier alpha value is -3.33. The summed E-state index contributed by atoms with van der Waals surface area (Å²) in [5.74, 6) is 1.25. The normalized spacial score (nSPS) is 11.0. The summed E-state index contributed by atoms with van der Waals surface area (Å²) in [6.45, 7) is 2.57. The van der Waals surface area contributed by atoms with Crippen LogP contribution in [0, 0.1) is 0 Å². The number of nitrogens with two attached hydrogens (primary N) is 1. The summed E-state index contributed by atoms with van der Waals surface area (Å²) in [5.41, 5.74) is 10.1. The van der Waals surface area contributed by atoms with Crippen molar-refractivity contribution >= 4 is 38.8 Å². The van der Waals surface area contributed by atoms with Crippen LogP contribution in [0.25, 0.3) is 10.2 Å². The van der Waals surface area contributed by atoms with Crippen molar-refractivity contribution in [3.8, 4) is 17.2 Å². The molecule has 1 amide bonds. The molecule has 0 spiro atoms. The van der Waals surface area contributed by atoms with Gasteiger partial charge in [-0.25, -0.2) is 10.4 Å². The Balaban J connectivity index is 1.75. The third kappa shape index (κ3) is 4.75. The second-order valence-corrected chi connectivity index (χ2v) is 7.10.